The predicted octanol–water partition coefficient (Wildman–Crippen LogP) is 4.36. The van der Waals surface area contributed by atoms with Crippen molar-refractivity contribution < 1.29 is 9.72 Å². The number of hydrogen-bond donors (Lipinski definition) is 1. The predicted molar refractivity (Wildman–Crippen MR) is 97.7 cm³/mol. The summed E-state index contributed by atoms with van der Waals surface area (Å²) in [5.74, 6) is -0.359. The van der Waals surface area contributed by atoms with E-state index < -0.39 is 4.92 Å². The second-order valence-corrected chi connectivity index (χ2v) is 6.66. The van der Waals surface area contributed by atoms with E-state index in [1.165, 1.54) is 12.1 Å². The number of carbonyl (C=O) groups is 1. The number of nitrogens with zero attached hydrogens (tertiary/aromatic N) is 1. The zero-order valence-corrected chi connectivity index (χ0v) is 15.2. The first-order chi connectivity index (χ1) is 9.88. The van der Waals surface area contributed by atoms with Gasteiger partial charge in [-0.1, -0.05) is 6.07 Å². The van der Waals surface area contributed by atoms with Crippen LogP contribution in [0.25, 0.3) is 0 Å². The molecular formula is C14H10I2N2O3. The number of aryl methyl sites for hydroxylation is 1. The zero-order valence-electron chi connectivity index (χ0n) is 10.9. The Balaban J connectivity index is 2.29. The Morgan fingerprint density at radius 2 is 1.86 bits per heavy atom. The summed E-state index contributed by atoms with van der Waals surface area (Å²) >= 11 is 4.18. The van der Waals surface area contributed by atoms with E-state index >= 15 is 0 Å². The topological polar surface area (TPSA) is 72.2 Å². The number of hydrogen-bond acceptors (Lipinski definition) is 3. The third-order valence-electron chi connectivity index (χ3n) is 2.84. The molecule has 0 aromatic heterocycles. The van der Waals surface area contributed by atoms with Crippen LogP contribution in [0, 0.1) is 24.2 Å². The second kappa shape index (κ2) is 6.69. The quantitative estimate of drug-likeness (QED) is 0.381. The lowest BCUT2D eigenvalue weighted by Crippen LogP contribution is -2.14. The standard InChI is InChI=1S/C14H10I2N2O3/c1-8-2-3-9(6-13(8)16)17-14(19)11-7-10(18(20)21)4-5-12(11)15/h2-7H,1H3,(H,17,19). The molecule has 0 unspecified atom stereocenters. The second-order valence-electron chi connectivity index (χ2n) is 4.34. The molecule has 0 radical (unpaired) electrons. The van der Waals surface area contributed by atoms with Gasteiger partial charge in [-0.25, -0.2) is 0 Å². The Morgan fingerprint density at radius 3 is 2.48 bits per heavy atom. The Morgan fingerprint density at radius 1 is 1.14 bits per heavy atom. The minimum atomic E-state index is -0.512. The van der Waals surface area contributed by atoms with Crippen LogP contribution >= 0.6 is 45.2 Å². The van der Waals surface area contributed by atoms with Crippen molar-refractivity contribution in [3.8, 4) is 0 Å². The maximum atomic E-state index is 12.3. The molecule has 2 rings (SSSR count). The Bertz CT molecular complexity index is 732. The molecule has 2 aromatic rings. The molecule has 0 aliphatic heterocycles. The van der Waals surface area contributed by atoms with E-state index in [1.807, 2.05) is 41.6 Å². The molecule has 0 bridgehead atoms. The molecular weight excluding hydrogens is 498 g/mol. The summed E-state index contributed by atoms with van der Waals surface area (Å²) in [6.07, 6.45) is 0. The van der Waals surface area contributed by atoms with Crippen molar-refractivity contribution in [1.29, 1.82) is 0 Å². The SMILES string of the molecule is Cc1ccc(NC(=O)c2cc([N+](=O)[O-])ccc2I)cc1I. The van der Waals surface area contributed by atoms with Gasteiger partial charge in [-0.3, -0.25) is 14.9 Å². The molecule has 0 atom stereocenters. The fourth-order valence-electron chi connectivity index (χ4n) is 1.67. The number of anilines is 1. The first-order valence-corrected chi connectivity index (χ1v) is 8.05. The van der Waals surface area contributed by atoms with E-state index in [9.17, 15) is 14.9 Å². The van der Waals surface area contributed by atoms with Crippen molar-refractivity contribution in [1.82, 2.24) is 0 Å². The first kappa shape index (κ1) is 16.1. The highest BCUT2D eigenvalue weighted by Crippen LogP contribution is 2.22. The van der Waals surface area contributed by atoms with E-state index in [0.717, 1.165) is 9.13 Å². The molecule has 0 saturated carbocycles. The number of nitro benzene ring substituents is 1. The maximum absolute atomic E-state index is 12.3. The molecule has 21 heavy (non-hydrogen) atoms. The van der Waals surface area contributed by atoms with Crippen molar-refractivity contribution >= 4 is 62.5 Å². The maximum Gasteiger partial charge on any atom is 0.270 e. The summed E-state index contributed by atoms with van der Waals surface area (Å²) in [4.78, 5) is 22.6. The summed E-state index contributed by atoms with van der Waals surface area (Å²) < 4.78 is 1.71. The molecule has 0 saturated heterocycles. The van der Waals surface area contributed by atoms with Gasteiger partial charge in [-0.05, 0) is 75.9 Å². The number of nitrogens with one attached hydrogen (secondary N) is 1. The molecule has 2 aromatic carbocycles. The first-order valence-electron chi connectivity index (χ1n) is 5.90. The molecule has 5 nitrogen and oxygen atoms in total. The van der Waals surface area contributed by atoms with E-state index in [4.69, 9.17) is 0 Å². The Kier molecular flexibility index (Phi) is 5.14. The third-order valence-corrected chi connectivity index (χ3v) is 4.94. The van der Waals surface area contributed by atoms with E-state index in [0.29, 0.717) is 14.8 Å². The molecule has 1 amide bonds. The van der Waals surface area contributed by atoms with Crippen LogP contribution < -0.4 is 5.32 Å². The van der Waals surface area contributed by atoms with Crippen LogP contribution in [0.1, 0.15) is 15.9 Å². The number of carbonyl (C=O) groups excluding carboxylic acids is 1. The van der Waals surface area contributed by atoms with Gasteiger partial charge in [0, 0.05) is 25.0 Å². The van der Waals surface area contributed by atoms with Gasteiger partial charge in [0.15, 0.2) is 0 Å². The smallest absolute Gasteiger partial charge is 0.270 e. The van der Waals surface area contributed by atoms with Crippen LogP contribution in [0.3, 0.4) is 0 Å². The fourth-order valence-corrected chi connectivity index (χ4v) is 2.77. The Hall–Kier alpha value is -1.23. The lowest BCUT2D eigenvalue weighted by molar-refractivity contribution is -0.384. The molecule has 0 heterocycles. The van der Waals surface area contributed by atoms with Crippen molar-refractivity contribution in [3.63, 3.8) is 0 Å². The van der Waals surface area contributed by atoms with Crippen molar-refractivity contribution in [2.24, 2.45) is 0 Å². The fraction of sp³-hybridized carbons (Fsp3) is 0.0714. The van der Waals surface area contributed by atoms with Crippen LogP contribution in [-0.4, -0.2) is 10.8 Å². The monoisotopic (exact) mass is 508 g/mol. The summed E-state index contributed by atoms with van der Waals surface area (Å²) in [6, 6.07) is 9.81. The average Bonchev–Trinajstić information content (AvgIpc) is 2.43. The lowest BCUT2D eigenvalue weighted by atomic mass is 10.1. The molecule has 0 aliphatic carbocycles. The van der Waals surface area contributed by atoms with Crippen LogP contribution in [0.5, 0.6) is 0 Å². The highest BCUT2D eigenvalue weighted by Gasteiger charge is 2.15. The molecule has 0 fully saturated rings. The summed E-state index contributed by atoms with van der Waals surface area (Å²) in [5.41, 5.74) is 1.98. The van der Waals surface area contributed by atoms with Gasteiger partial charge in [0.05, 0.1) is 10.5 Å². The van der Waals surface area contributed by atoms with E-state index in [2.05, 4.69) is 27.9 Å². The van der Waals surface area contributed by atoms with E-state index in [1.54, 1.807) is 12.1 Å². The van der Waals surface area contributed by atoms with Gasteiger partial charge in [-0.15, -0.1) is 0 Å². The summed E-state index contributed by atoms with van der Waals surface area (Å²) in [7, 11) is 0. The number of benzene rings is 2. The third kappa shape index (κ3) is 3.90. The molecule has 108 valence electrons. The van der Waals surface area contributed by atoms with Gasteiger partial charge in [0.1, 0.15) is 0 Å². The number of halogens is 2. The molecule has 0 aliphatic rings. The summed E-state index contributed by atoms with van der Waals surface area (Å²) in [5, 5.41) is 13.6. The minimum absolute atomic E-state index is 0.0981. The van der Waals surface area contributed by atoms with Crippen molar-refractivity contribution in [2.45, 2.75) is 6.92 Å². The largest absolute Gasteiger partial charge is 0.322 e. The Labute approximate surface area is 148 Å². The van der Waals surface area contributed by atoms with Crippen LogP contribution in [-0.2, 0) is 0 Å². The van der Waals surface area contributed by atoms with Gasteiger partial charge in [-0.2, -0.15) is 0 Å². The van der Waals surface area contributed by atoms with Crippen LogP contribution in [0.4, 0.5) is 11.4 Å². The van der Waals surface area contributed by atoms with Crippen molar-refractivity contribution in [3.05, 3.63) is 64.8 Å². The number of nitro groups is 1. The molecule has 0 spiro atoms. The van der Waals surface area contributed by atoms with Gasteiger partial charge >= 0.3 is 0 Å². The van der Waals surface area contributed by atoms with Crippen LogP contribution in [0.15, 0.2) is 36.4 Å². The zero-order chi connectivity index (χ0) is 15.6. The molecule has 1 N–H and O–H groups in total. The van der Waals surface area contributed by atoms with Gasteiger partial charge in [0.25, 0.3) is 11.6 Å². The van der Waals surface area contributed by atoms with Crippen molar-refractivity contribution in [2.75, 3.05) is 5.32 Å². The van der Waals surface area contributed by atoms with Crippen LogP contribution in [0.2, 0.25) is 0 Å². The highest BCUT2D eigenvalue weighted by atomic mass is 127. The van der Waals surface area contributed by atoms with E-state index in [-0.39, 0.29) is 11.6 Å². The van der Waals surface area contributed by atoms with Gasteiger partial charge < -0.3 is 5.32 Å². The van der Waals surface area contributed by atoms with Gasteiger partial charge in [0.2, 0.25) is 0 Å². The minimum Gasteiger partial charge on any atom is -0.322 e. The number of amides is 1. The number of non-ortho nitro benzene ring substituents is 1. The summed E-state index contributed by atoms with van der Waals surface area (Å²) in [6.45, 7) is 1.98. The average molecular weight is 508 g/mol. The highest BCUT2D eigenvalue weighted by molar-refractivity contribution is 14.1. The molecule has 7 heteroatoms. The normalized spacial score (nSPS) is 10.2. The number of rotatable bonds is 3. The lowest BCUT2D eigenvalue weighted by Gasteiger charge is -2.08.